The number of hydrogen-bond acceptors (Lipinski definition) is 4. The average molecular weight is 357 g/mol. The van der Waals surface area contributed by atoms with Gasteiger partial charge in [0.1, 0.15) is 5.82 Å². The van der Waals surface area contributed by atoms with E-state index in [1.54, 1.807) is 19.1 Å². The second-order valence-electron chi connectivity index (χ2n) is 5.38. The molecule has 2 rings (SSSR count). The van der Waals surface area contributed by atoms with Crippen LogP contribution in [0.1, 0.15) is 30.5 Å². The van der Waals surface area contributed by atoms with Crippen molar-refractivity contribution < 1.29 is 18.7 Å². The number of nitrogens with one attached hydrogen (secondary N) is 2. The van der Waals surface area contributed by atoms with Gasteiger partial charge < -0.3 is 10.1 Å². The minimum atomic E-state index is -0.594. The van der Waals surface area contributed by atoms with Crippen molar-refractivity contribution in [2.75, 3.05) is 6.61 Å². The highest BCUT2D eigenvalue weighted by Gasteiger charge is 2.18. The molecule has 0 saturated heterocycles. The fraction of sp³-hybridized carbons (Fsp3) is 0.211. The van der Waals surface area contributed by atoms with Gasteiger partial charge in [-0.1, -0.05) is 42.5 Å². The topological polar surface area (TPSA) is 79.8 Å². The summed E-state index contributed by atoms with van der Waals surface area (Å²) >= 11 is 0. The summed E-state index contributed by atoms with van der Waals surface area (Å²) in [6.45, 7) is 1.94. The van der Waals surface area contributed by atoms with Gasteiger partial charge in [0.05, 0.1) is 25.3 Å². The summed E-state index contributed by atoms with van der Waals surface area (Å²) in [5, 5.41) is 6.51. The Bertz CT molecular complexity index is 748. The third-order valence-corrected chi connectivity index (χ3v) is 3.43. The van der Waals surface area contributed by atoms with E-state index in [2.05, 4.69) is 15.8 Å². The summed E-state index contributed by atoms with van der Waals surface area (Å²) < 4.78 is 17.7. The van der Waals surface area contributed by atoms with E-state index < -0.39 is 12.1 Å². The van der Waals surface area contributed by atoms with Crippen LogP contribution in [0.4, 0.5) is 9.18 Å². The number of alkyl carbamates (subject to hydrolysis) is 1. The van der Waals surface area contributed by atoms with Gasteiger partial charge in [-0.15, -0.1) is 0 Å². The Balaban J connectivity index is 1.96. The lowest BCUT2D eigenvalue weighted by atomic mass is 10.0. The zero-order valence-corrected chi connectivity index (χ0v) is 14.3. The van der Waals surface area contributed by atoms with E-state index in [9.17, 15) is 14.0 Å². The number of rotatable bonds is 7. The SMILES string of the molecule is CCOC(=O)N[C@H](CC(=O)N/N=C\c1ccc(F)cc1)c1ccccc1. The molecule has 2 aromatic carbocycles. The second-order valence-corrected chi connectivity index (χ2v) is 5.38. The van der Waals surface area contributed by atoms with Crippen molar-refractivity contribution in [2.24, 2.45) is 5.10 Å². The van der Waals surface area contributed by atoms with Crippen LogP contribution in [0.25, 0.3) is 0 Å². The molecule has 2 amide bonds. The number of amides is 2. The smallest absolute Gasteiger partial charge is 0.407 e. The first-order valence-corrected chi connectivity index (χ1v) is 8.14. The summed E-state index contributed by atoms with van der Waals surface area (Å²) in [4.78, 5) is 23.8. The highest BCUT2D eigenvalue weighted by Crippen LogP contribution is 2.16. The summed E-state index contributed by atoms with van der Waals surface area (Å²) in [5.41, 5.74) is 3.82. The number of carbonyl (C=O) groups is 2. The van der Waals surface area contributed by atoms with Gasteiger partial charge in [-0.2, -0.15) is 5.10 Å². The maximum Gasteiger partial charge on any atom is 0.407 e. The monoisotopic (exact) mass is 357 g/mol. The van der Waals surface area contributed by atoms with E-state index in [4.69, 9.17) is 4.74 Å². The predicted molar refractivity (Wildman–Crippen MR) is 96.1 cm³/mol. The molecule has 0 aromatic heterocycles. The van der Waals surface area contributed by atoms with Crippen LogP contribution >= 0.6 is 0 Å². The Morgan fingerprint density at radius 2 is 1.85 bits per heavy atom. The zero-order valence-electron chi connectivity index (χ0n) is 14.3. The largest absolute Gasteiger partial charge is 0.450 e. The van der Waals surface area contributed by atoms with Gasteiger partial charge in [-0.25, -0.2) is 14.6 Å². The van der Waals surface area contributed by atoms with E-state index in [0.717, 1.165) is 5.56 Å². The second kappa shape index (κ2) is 9.93. The minimum Gasteiger partial charge on any atom is -0.450 e. The van der Waals surface area contributed by atoms with E-state index in [1.165, 1.54) is 18.3 Å². The first kappa shape index (κ1) is 19.1. The lowest BCUT2D eigenvalue weighted by molar-refractivity contribution is -0.121. The number of benzene rings is 2. The zero-order chi connectivity index (χ0) is 18.8. The highest BCUT2D eigenvalue weighted by atomic mass is 19.1. The van der Waals surface area contributed by atoms with Gasteiger partial charge in [0, 0.05) is 0 Å². The van der Waals surface area contributed by atoms with Crippen LogP contribution in [0.2, 0.25) is 0 Å². The molecular formula is C19H20FN3O3. The molecule has 136 valence electrons. The van der Waals surface area contributed by atoms with Crippen LogP contribution in [0.3, 0.4) is 0 Å². The van der Waals surface area contributed by atoms with Crippen molar-refractivity contribution in [1.29, 1.82) is 0 Å². The summed E-state index contributed by atoms with van der Waals surface area (Å²) in [6, 6.07) is 14.3. The fourth-order valence-electron chi connectivity index (χ4n) is 2.21. The van der Waals surface area contributed by atoms with E-state index in [-0.39, 0.29) is 24.8 Å². The van der Waals surface area contributed by atoms with Gasteiger partial charge in [0.15, 0.2) is 0 Å². The third-order valence-electron chi connectivity index (χ3n) is 3.43. The maximum atomic E-state index is 12.8. The molecule has 0 fully saturated rings. The maximum absolute atomic E-state index is 12.8. The molecular weight excluding hydrogens is 337 g/mol. The standard InChI is InChI=1S/C19H20FN3O3/c1-2-26-19(25)22-17(15-6-4-3-5-7-15)12-18(24)23-21-13-14-8-10-16(20)11-9-14/h3-11,13,17H,2,12H2,1H3,(H,22,25)(H,23,24)/b21-13-/t17-/m1/s1. The molecule has 2 N–H and O–H groups in total. The van der Waals surface area contributed by atoms with Gasteiger partial charge in [-0.3, -0.25) is 4.79 Å². The van der Waals surface area contributed by atoms with Gasteiger partial charge >= 0.3 is 6.09 Å². The molecule has 0 aliphatic rings. The first-order valence-electron chi connectivity index (χ1n) is 8.14. The van der Waals surface area contributed by atoms with Gasteiger partial charge in [-0.05, 0) is 30.2 Å². The number of hydrazone groups is 1. The number of halogens is 1. The Kier molecular flexibility index (Phi) is 7.30. The van der Waals surface area contributed by atoms with Crippen molar-refractivity contribution in [2.45, 2.75) is 19.4 Å². The van der Waals surface area contributed by atoms with Crippen LogP contribution in [-0.2, 0) is 9.53 Å². The Hall–Kier alpha value is -3.22. The van der Waals surface area contributed by atoms with Crippen molar-refractivity contribution >= 4 is 18.2 Å². The Morgan fingerprint density at radius 3 is 2.50 bits per heavy atom. The molecule has 7 heteroatoms. The number of hydrogen-bond donors (Lipinski definition) is 2. The van der Waals surface area contributed by atoms with Crippen LogP contribution in [-0.4, -0.2) is 24.8 Å². The summed E-state index contributed by atoms with van der Waals surface area (Å²) in [6.07, 6.45) is 0.806. The number of nitrogens with zero attached hydrogens (tertiary/aromatic N) is 1. The quantitative estimate of drug-likeness (QED) is 0.590. The van der Waals surface area contributed by atoms with Gasteiger partial charge in [0.2, 0.25) is 5.91 Å². The lowest BCUT2D eigenvalue weighted by Crippen LogP contribution is -2.33. The van der Waals surface area contributed by atoms with E-state index in [0.29, 0.717) is 5.56 Å². The molecule has 0 bridgehead atoms. The van der Waals surface area contributed by atoms with Crippen LogP contribution in [0, 0.1) is 5.82 Å². The molecule has 26 heavy (non-hydrogen) atoms. The molecule has 0 aliphatic carbocycles. The molecule has 0 aliphatic heterocycles. The molecule has 1 atom stereocenters. The first-order chi connectivity index (χ1) is 12.6. The molecule has 2 aromatic rings. The lowest BCUT2D eigenvalue weighted by Gasteiger charge is -2.18. The average Bonchev–Trinajstić information content (AvgIpc) is 2.64. The van der Waals surface area contributed by atoms with Crippen LogP contribution in [0.15, 0.2) is 59.7 Å². The van der Waals surface area contributed by atoms with Gasteiger partial charge in [0.25, 0.3) is 0 Å². The molecule has 0 saturated carbocycles. The Labute approximate surface area is 151 Å². The van der Waals surface area contributed by atoms with E-state index >= 15 is 0 Å². The summed E-state index contributed by atoms with van der Waals surface area (Å²) in [7, 11) is 0. The fourth-order valence-corrected chi connectivity index (χ4v) is 2.21. The van der Waals surface area contributed by atoms with Crippen LogP contribution in [0.5, 0.6) is 0 Å². The number of ether oxygens (including phenoxy) is 1. The molecule has 0 unspecified atom stereocenters. The van der Waals surface area contributed by atoms with Crippen molar-refractivity contribution in [1.82, 2.24) is 10.7 Å². The van der Waals surface area contributed by atoms with E-state index in [1.807, 2.05) is 30.3 Å². The van der Waals surface area contributed by atoms with Crippen LogP contribution < -0.4 is 10.7 Å². The summed E-state index contributed by atoms with van der Waals surface area (Å²) in [5.74, 6) is -0.726. The Morgan fingerprint density at radius 1 is 1.15 bits per heavy atom. The molecule has 0 radical (unpaired) electrons. The van der Waals surface area contributed by atoms with Crippen molar-refractivity contribution in [3.8, 4) is 0 Å². The predicted octanol–water partition coefficient (Wildman–Crippen LogP) is 3.15. The number of carbonyl (C=O) groups excluding carboxylic acids is 2. The third kappa shape index (κ3) is 6.35. The molecule has 0 spiro atoms. The minimum absolute atomic E-state index is 0.0103. The normalized spacial score (nSPS) is 11.8. The van der Waals surface area contributed by atoms with Crippen molar-refractivity contribution in [3.63, 3.8) is 0 Å². The van der Waals surface area contributed by atoms with Crippen molar-refractivity contribution in [3.05, 3.63) is 71.5 Å². The molecule has 0 heterocycles. The molecule has 6 nitrogen and oxygen atoms in total. The highest BCUT2D eigenvalue weighted by molar-refractivity contribution is 5.82.